The first kappa shape index (κ1) is 14.2. The molecule has 0 saturated carbocycles. The highest BCUT2D eigenvalue weighted by atomic mass is 32.1. The Kier molecular flexibility index (Phi) is 4.32. The third-order valence-corrected chi connectivity index (χ3v) is 5.14. The van der Waals surface area contributed by atoms with Gasteiger partial charge in [0.05, 0.1) is 5.52 Å². The Labute approximate surface area is 129 Å². The number of likely N-dealkylation sites (N-methyl/N-ethyl adjacent to an activating group) is 1. The minimum absolute atomic E-state index is 0.337. The largest absolute Gasteiger partial charge is 0.312 e. The van der Waals surface area contributed by atoms with E-state index in [0.717, 1.165) is 24.1 Å². The van der Waals surface area contributed by atoms with Crippen LogP contribution in [-0.4, -0.2) is 12.0 Å². The number of nitrogens with one attached hydrogen (secondary N) is 1. The van der Waals surface area contributed by atoms with Crippen LogP contribution in [0.3, 0.4) is 0 Å². The number of aromatic nitrogens is 1. The molecule has 2 nitrogen and oxygen atoms in total. The van der Waals surface area contributed by atoms with Crippen molar-refractivity contribution in [3.63, 3.8) is 0 Å². The van der Waals surface area contributed by atoms with E-state index in [2.05, 4.69) is 54.7 Å². The van der Waals surface area contributed by atoms with Gasteiger partial charge in [-0.15, -0.1) is 11.3 Å². The monoisotopic (exact) mass is 296 g/mol. The molecule has 3 rings (SSSR count). The lowest BCUT2D eigenvalue weighted by Crippen LogP contribution is -2.18. The van der Waals surface area contributed by atoms with Gasteiger partial charge in [-0.2, -0.15) is 0 Å². The lowest BCUT2D eigenvalue weighted by Gasteiger charge is -2.14. The topological polar surface area (TPSA) is 24.9 Å². The van der Waals surface area contributed by atoms with Crippen molar-refractivity contribution in [2.75, 3.05) is 7.05 Å². The molecule has 1 unspecified atom stereocenters. The molecule has 108 valence electrons. The first-order chi connectivity index (χ1) is 10.3. The third-order valence-electron chi connectivity index (χ3n) is 3.79. The number of pyridine rings is 1. The molecule has 3 heteroatoms. The zero-order valence-electron chi connectivity index (χ0n) is 12.5. The van der Waals surface area contributed by atoms with Crippen molar-refractivity contribution in [3.8, 4) is 0 Å². The van der Waals surface area contributed by atoms with E-state index in [0.29, 0.717) is 6.04 Å². The van der Waals surface area contributed by atoms with Crippen LogP contribution in [0.25, 0.3) is 10.9 Å². The van der Waals surface area contributed by atoms with E-state index in [-0.39, 0.29) is 0 Å². The van der Waals surface area contributed by atoms with Gasteiger partial charge in [0.25, 0.3) is 0 Å². The van der Waals surface area contributed by atoms with Crippen LogP contribution in [0.2, 0.25) is 0 Å². The number of para-hydroxylation sites is 1. The predicted octanol–water partition coefficient (Wildman–Crippen LogP) is 4.36. The molecule has 0 spiro atoms. The molecule has 3 aromatic rings. The molecule has 1 atom stereocenters. The first-order valence-electron chi connectivity index (χ1n) is 7.40. The number of aryl methyl sites for hydroxylation is 1. The molecule has 1 N–H and O–H groups in total. The number of nitrogens with zero attached hydrogens (tertiary/aromatic N) is 1. The summed E-state index contributed by atoms with van der Waals surface area (Å²) in [5.41, 5.74) is 2.21. The Morgan fingerprint density at radius 2 is 1.95 bits per heavy atom. The lowest BCUT2D eigenvalue weighted by molar-refractivity contribution is 0.595. The summed E-state index contributed by atoms with van der Waals surface area (Å²) in [7, 11) is 2.02. The summed E-state index contributed by atoms with van der Waals surface area (Å²) in [6, 6.07) is 17.4. The molecular weight excluding hydrogens is 276 g/mol. The van der Waals surface area contributed by atoms with Gasteiger partial charge in [0.1, 0.15) is 0 Å². The highest BCUT2D eigenvalue weighted by Crippen LogP contribution is 2.26. The van der Waals surface area contributed by atoms with Crippen molar-refractivity contribution in [3.05, 3.63) is 64.0 Å². The zero-order valence-corrected chi connectivity index (χ0v) is 13.3. The summed E-state index contributed by atoms with van der Waals surface area (Å²) in [5, 5.41) is 4.62. The minimum atomic E-state index is 0.337. The van der Waals surface area contributed by atoms with E-state index in [1.807, 2.05) is 24.5 Å². The Morgan fingerprint density at radius 1 is 1.10 bits per heavy atom. The number of thiophene rings is 1. The van der Waals surface area contributed by atoms with Gasteiger partial charge in [-0.3, -0.25) is 4.98 Å². The average molecular weight is 296 g/mol. The number of hydrogen-bond donors (Lipinski definition) is 1. The van der Waals surface area contributed by atoms with Gasteiger partial charge in [0.2, 0.25) is 0 Å². The number of rotatable bonds is 5. The highest BCUT2D eigenvalue weighted by molar-refractivity contribution is 7.12. The average Bonchev–Trinajstić information content (AvgIpc) is 3.01. The molecule has 0 aliphatic carbocycles. The molecule has 0 aliphatic rings. The van der Waals surface area contributed by atoms with Crippen LogP contribution in [0.1, 0.15) is 28.4 Å². The molecule has 0 amide bonds. The lowest BCUT2D eigenvalue weighted by atomic mass is 10.1. The van der Waals surface area contributed by atoms with Crippen LogP contribution in [0.15, 0.2) is 48.5 Å². The molecular formula is C18H20N2S. The van der Waals surface area contributed by atoms with Crippen LogP contribution in [0.4, 0.5) is 0 Å². The van der Waals surface area contributed by atoms with Gasteiger partial charge in [-0.05, 0) is 37.7 Å². The second-order valence-electron chi connectivity index (χ2n) is 5.20. The molecule has 0 saturated heterocycles. The van der Waals surface area contributed by atoms with Crippen LogP contribution >= 0.6 is 11.3 Å². The molecule has 0 fully saturated rings. The van der Waals surface area contributed by atoms with Crippen LogP contribution in [-0.2, 0) is 12.8 Å². The Balaban J connectivity index is 1.84. The van der Waals surface area contributed by atoms with Crippen LogP contribution < -0.4 is 5.32 Å². The van der Waals surface area contributed by atoms with Crippen molar-refractivity contribution in [2.24, 2.45) is 0 Å². The summed E-state index contributed by atoms with van der Waals surface area (Å²) in [5.74, 6) is 0. The van der Waals surface area contributed by atoms with E-state index < -0.39 is 0 Å². The van der Waals surface area contributed by atoms with E-state index in [1.54, 1.807) is 0 Å². The number of hydrogen-bond acceptors (Lipinski definition) is 3. The summed E-state index contributed by atoms with van der Waals surface area (Å²) < 4.78 is 0. The van der Waals surface area contributed by atoms with E-state index >= 15 is 0 Å². The molecule has 0 bridgehead atoms. The van der Waals surface area contributed by atoms with Gasteiger partial charge >= 0.3 is 0 Å². The van der Waals surface area contributed by atoms with Crippen LogP contribution in [0.5, 0.6) is 0 Å². The fourth-order valence-corrected chi connectivity index (χ4v) is 3.61. The van der Waals surface area contributed by atoms with E-state index in [1.165, 1.54) is 15.1 Å². The second kappa shape index (κ2) is 6.37. The van der Waals surface area contributed by atoms with Gasteiger partial charge in [-0.25, -0.2) is 0 Å². The number of fused-ring (bicyclic) bond motifs is 1. The maximum Gasteiger partial charge on any atom is 0.0705 e. The normalized spacial score (nSPS) is 12.7. The molecule has 2 heterocycles. The van der Waals surface area contributed by atoms with E-state index in [4.69, 9.17) is 4.98 Å². The second-order valence-corrected chi connectivity index (χ2v) is 6.40. The van der Waals surface area contributed by atoms with Gasteiger partial charge in [0.15, 0.2) is 0 Å². The fourth-order valence-electron chi connectivity index (χ4n) is 2.55. The summed E-state index contributed by atoms with van der Waals surface area (Å²) in [4.78, 5) is 7.61. The minimum Gasteiger partial charge on any atom is -0.312 e. The fraction of sp³-hybridized carbons (Fsp3) is 0.278. The maximum absolute atomic E-state index is 4.78. The zero-order chi connectivity index (χ0) is 14.7. The van der Waals surface area contributed by atoms with Crippen molar-refractivity contribution >= 4 is 22.2 Å². The highest BCUT2D eigenvalue weighted by Gasteiger charge is 2.13. The quantitative estimate of drug-likeness (QED) is 0.756. The SMILES string of the molecule is CCc1ccc(C(Cc2ccc3ccccc3n2)NC)s1. The van der Waals surface area contributed by atoms with Crippen LogP contribution in [0, 0.1) is 0 Å². The first-order valence-corrected chi connectivity index (χ1v) is 8.22. The number of benzene rings is 1. The molecule has 2 aromatic heterocycles. The Morgan fingerprint density at radius 3 is 2.71 bits per heavy atom. The van der Waals surface area contributed by atoms with Gasteiger partial charge in [0, 0.05) is 33.3 Å². The Bertz CT molecular complexity index is 733. The molecule has 0 aliphatic heterocycles. The molecule has 0 radical (unpaired) electrons. The summed E-state index contributed by atoms with van der Waals surface area (Å²) in [6.07, 6.45) is 2.03. The van der Waals surface area contributed by atoms with Gasteiger partial charge in [-0.1, -0.05) is 31.2 Å². The van der Waals surface area contributed by atoms with Gasteiger partial charge < -0.3 is 5.32 Å². The third kappa shape index (κ3) is 3.14. The molecule has 1 aromatic carbocycles. The summed E-state index contributed by atoms with van der Waals surface area (Å²) >= 11 is 1.90. The standard InChI is InChI=1S/C18H20N2S/c1-3-15-10-11-18(21-15)17(19-2)12-14-9-8-13-6-4-5-7-16(13)20-14/h4-11,17,19H,3,12H2,1-2H3. The Hall–Kier alpha value is -1.71. The van der Waals surface area contributed by atoms with Crippen molar-refractivity contribution < 1.29 is 0 Å². The van der Waals surface area contributed by atoms with Crippen molar-refractivity contribution in [1.29, 1.82) is 0 Å². The maximum atomic E-state index is 4.78. The molecule has 21 heavy (non-hydrogen) atoms. The van der Waals surface area contributed by atoms with Crippen molar-refractivity contribution in [2.45, 2.75) is 25.8 Å². The van der Waals surface area contributed by atoms with E-state index in [9.17, 15) is 0 Å². The predicted molar refractivity (Wildman–Crippen MR) is 90.9 cm³/mol. The smallest absolute Gasteiger partial charge is 0.0705 e. The van der Waals surface area contributed by atoms with Crippen molar-refractivity contribution in [1.82, 2.24) is 10.3 Å². The summed E-state index contributed by atoms with van der Waals surface area (Å²) in [6.45, 7) is 2.20.